The van der Waals surface area contributed by atoms with Gasteiger partial charge in [0.2, 0.25) is 11.8 Å². The number of nitrogens with zero attached hydrogens (tertiary/aromatic N) is 1. The van der Waals surface area contributed by atoms with Crippen LogP contribution in [0.25, 0.3) is 0 Å². The maximum atomic E-state index is 13.5. The number of nitrogens with one attached hydrogen (secondary N) is 1. The van der Waals surface area contributed by atoms with Crippen LogP contribution in [0.4, 0.5) is 13.2 Å². The predicted molar refractivity (Wildman–Crippen MR) is 108 cm³/mol. The second kappa shape index (κ2) is 9.32. The van der Waals surface area contributed by atoms with Gasteiger partial charge in [-0.3, -0.25) is 9.59 Å². The van der Waals surface area contributed by atoms with Gasteiger partial charge >= 0.3 is 6.18 Å². The Labute approximate surface area is 188 Å². The van der Waals surface area contributed by atoms with E-state index in [0.29, 0.717) is 16.2 Å². The largest absolute Gasteiger partial charge is 0.486 e. The standard InChI is InChI=1S/C22H25F3N2O6/c23-22(24,25)11-27(21(31)12-5-8-32-10-12)15-9-14(20(30)26-6-7-28)17-13-3-1-2-4-16(13)33-19(17)18(15)29/h1-4,9,12,15,17-19,28-29H,5-8,10-11H2,(H,26,30). The summed E-state index contributed by atoms with van der Waals surface area (Å²) in [6, 6.07) is 5.35. The Kier molecular flexibility index (Phi) is 6.64. The van der Waals surface area contributed by atoms with E-state index in [2.05, 4.69) is 5.32 Å². The molecule has 5 atom stereocenters. The number of aliphatic hydroxyl groups excluding tert-OH is 2. The Balaban J connectivity index is 1.75. The van der Waals surface area contributed by atoms with Crippen molar-refractivity contribution in [3.8, 4) is 5.75 Å². The van der Waals surface area contributed by atoms with Gasteiger partial charge in [-0.05, 0) is 18.6 Å². The summed E-state index contributed by atoms with van der Waals surface area (Å²) in [5.41, 5.74) is 0.694. The molecule has 11 heteroatoms. The Bertz CT molecular complexity index is 931. The molecule has 0 aromatic heterocycles. The average molecular weight is 470 g/mol. The predicted octanol–water partition coefficient (Wildman–Crippen LogP) is 0.737. The van der Waals surface area contributed by atoms with E-state index >= 15 is 0 Å². The molecular formula is C22H25F3N2O6. The summed E-state index contributed by atoms with van der Waals surface area (Å²) < 4.78 is 51.5. The van der Waals surface area contributed by atoms with E-state index in [1.54, 1.807) is 24.3 Å². The molecule has 3 N–H and O–H groups in total. The van der Waals surface area contributed by atoms with E-state index in [-0.39, 0.29) is 38.4 Å². The monoisotopic (exact) mass is 470 g/mol. The molecule has 3 aliphatic rings. The fraction of sp³-hybridized carbons (Fsp3) is 0.545. The van der Waals surface area contributed by atoms with Crippen LogP contribution in [0.3, 0.4) is 0 Å². The van der Waals surface area contributed by atoms with Crippen LogP contribution in [0.15, 0.2) is 35.9 Å². The Morgan fingerprint density at radius 1 is 1.24 bits per heavy atom. The molecule has 0 bridgehead atoms. The molecule has 4 rings (SSSR count). The van der Waals surface area contributed by atoms with Crippen LogP contribution in [0, 0.1) is 5.92 Å². The van der Waals surface area contributed by atoms with Gasteiger partial charge in [0, 0.05) is 24.3 Å². The van der Waals surface area contributed by atoms with Crippen LogP contribution in [-0.2, 0) is 14.3 Å². The smallest absolute Gasteiger partial charge is 0.406 e. The first-order valence-electron chi connectivity index (χ1n) is 10.7. The number of ether oxygens (including phenoxy) is 2. The number of amides is 2. The lowest BCUT2D eigenvalue weighted by molar-refractivity contribution is -0.172. The lowest BCUT2D eigenvalue weighted by atomic mass is 9.77. The summed E-state index contributed by atoms with van der Waals surface area (Å²) >= 11 is 0. The fourth-order valence-electron chi connectivity index (χ4n) is 4.68. The first-order valence-corrected chi connectivity index (χ1v) is 10.7. The molecule has 2 heterocycles. The highest BCUT2D eigenvalue weighted by molar-refractivity contribution is 5.96. The van der Waals surface area contributed by atoms with E-state index in [9.17, 15) is 27.9 Å². The van der Waals surface area contributed by atoms with Crippen LogP contribution in [0.5, 0.6) is 5.75 Å². The second-order valence-corrected chi connectivity index (χ2v) is 8.32. The van der Waals surface area contributed by atoms with E-state index in [4.69, 9.17) is 14.6 Å². The molecule has 1 aliphatic carbocycles. The maximum Gasteiger partial charge on any atom is 0.406 e. The quantitative estimate of drug-likeness (QED) is 0.566. The van der Waals surface area contributed by atoms with Crippen molar-refractivity contribution in [2.75, 3.05) is 32.9 Å². The molecule has 2 aliphatic heterocycles. The van der Waals surface area contributed by atoms with Gasteiger partial charge in [-0.2, -0.15) is 13.2 Å². The van der Waals surface area contributed by atoms with E-state index < -0.39 is 54.6 Å². The van der Waals surface area contributed by atoms with E-state index in [1.807, 2.05) is 0 Å². The highest BCUT2D eigenvalue weighted by atomic mass is 19.4. The Morgan fingerprint density at radius 3 is 2.67 bits per heavy atom. The molecule has 33 heavy (non-hydrogen) atoms. The summed E-state index contributed by atoms with van der Waals surface area (Å²) in [5, 5.41) is 22.7. The zero-order valence-corrected chi connectivity index (χ0v) is 17.6. The van der Waals surface area contributed by atoms with Gasteiger partial charge < -0.3 is 29.9 Å². The van der Waals surface area contributed by atoms with Crippen molar-refractivity contribution in [2.45, 2.75) is 36.8 Å². The zero-order valence-electron chi connectivity index (χ0n) is 17.6. The van der Waals surface area contributed by atoms with Gasteiger partial charge in [-0.25, -0.2) is 0 Å². The number of carbonyl (C=O) groups is 2. The van der Waals surface area contributed by atoms with Crippen LogP contribution in [0.1, 0.15) is 17.9 Å². The van der Waals surface area contributed by atoms with Gasteiger partial charge in [0.15, 0.2) is 0 Å². The van der Waals surface area contributed by atoms with Crippen molar-refractivity contribution in [1.82, 2.24) is 10.2 Å². The van der Waals surface area contributed by atoms with Crippen molar-refractivity contribution in [3.05, 3.63) is 41.5 Å². The number of para-hydroxylation sites is 1. The van der Waals surface area contributed by atoms with E-state index in [1.165, 1.54) is 6.08 Å². The molecule has 5 unspecified atom stereocenters. The summed E-state index contributed by atoms with van der Waals surface area (Å²) in [4.78, 5) is 26.6. The summed E-state index contributed by atoms with van der Waals surface area (Å²) in [5.74, 6) is -2.50. The maximum absolute atomic E-state index is 13.5. The van der Waals surface area contributed by atoms with Crippen molar-refractivity contribution >= 4 is 11.8 Å². The lowest BCUT2D eigenvalue weighted by Gasteiger charge is -2.41. The van der Waals surface area contributed by atoms with E-state index in [0.717, 1.165) is 0 Å². The topological polar surface area (TPSA) is 108 Å². The number of aliphatic hydroxyl groups is 2. The van der Waals surface area contributed by atoms with Gasteiger partial charge in [-0.15, -0.1) is 0 Å². The van der Waals surface area contributed by atoms with Crippen LogP contribution in [-0.4, -0.2) is 84.3 Å². The molecule has 1 fully saturated rings. The zero-order chi connectivity index (χ0) is 23.8. The van der Waals surface area contributed by atoms with Gasteiger partial charge in [0.1, 0.15) is 24.5 Å². The molecule has 2 amide bonds. The first kappa shape index (κ1) is 23.5. The third-order valence-corrected chi connectivity index (χ3v) is 6.15. The third-order valence-electron chi connectivity index (χ3n) is 6.15. The molecule has 180 valence electrons. The highest BCUT2D eigenvalue weighted by Gasteiger charge is 2.52. The minimum absolute atomic E-state index is 0.00242. The Hall–Kier alpha value is -2.63. The minimum Gasteiger partial charge on any atom is -0.486 e. The molecule has 1 saturated heterocycles. The number of rotatable bonds is 6. The molecule has 0 saturated carbocycles. The van der Waals surface area contributed by atoms with Crippen LogP contribution >= 0.6 is 0 Å². The SMILES string of the molecule is O=C(NCCO)C1=CC(N(CC(F)(F)F)C(=O)C2CCOC2)C(O)C2Oc3ccccc3C12. The third kappa shape index (κ3) is 4.71. The fourth-order valence-corrected chi connectivity index (χ4v) is 4.68. The summed E-state index contributed by atoms with van der Waals surface area (Å²) in [7, 11) is 0. The van der Waals surface area contributed by atoms with Gasteiger partial charge in [0.05, 0.1) is 31.1 Å². The van der Waals surface area contributed by atoms with Crippen molar-refractivity contribution in [3.63, 3.8) is 0 Å². The first-order chi connectivity index (χ1) is 15.7. The van der Waals surface area contributed by atoms with Crippen LogP contribution in [0.2, 0.25) is 0 Å². The summed E-state index contributed by atoms with van der Waals surface area (Å²) in [6.07, 6.45) is -5.79. The van der Waals surface area contributed by atoms with Crippen LogP contribution < -0.4 is 10.1 Å². The molecule has 8 nitrogen and oxygen atoms in total. The average Bonchev–Trinajstić information content (AvgIpc) is 3.44. The van der Waals surface area contributed by atoms with Crippen molar-refractivity contribution < 1.29 is 42.4 Å². The number of hydrogen-bond donors (Lipinski definition) is 3. The van der Waals surface area contributed by atoms with Crippen molar-refractivity contribution in [1.29, 1.82) is 0 Å². The number of carbonyl (C=O) groups excluding carboxylic acids is 2. The van der Waals surface area contributed by atoms with Gasteiger partial charge in [0.25, 0.3) is 0 Å². The second-order valence-electron chi connectivity index (χ2n) is 8.32. The normalized spacial score (nSPS) is 28.4. The number of halogens is 3. The molecule has 1 aromatic carbocycles. The number of alkyl halides is 3. The molecule has 1 aromatic rings. The molecule has 0 radical (unpaired) electrons. The molecular weight excluding hydrogens is 445 g/mol. The summed E-state index contributed by atoms with van der Waals surface area (Å²) in [6.45, 7) is -1.72. The Morgan fingerprint density at radius 2 is 2.00 bits per heavy atom. The lowest BCUT2D eigenvalue weighted by Crippen LogP contribution is -2.58. The number of hydrogen-bond acceptors (Lipinski definition) is 6. The number of benzene rings is 1. The van der Waals surface area contributed by atoms with Gasteiger partial charge in [-0.1, -0.05) is 18.2 Å². The molecule has 0 spiro atoms. The van der Waals surface area contributed by atoms with Crippen molar-refractivity contribution in [2.24, 2.45) is 5.92 Å². The highest BCUT2D eigenvalue weighted by Crippen LogP contribution is 2.47. The minimum atomic E-state index is -4.72. The number of fused-ring (bicyclic) bond motifs is 3.